The van der Waals surface area contributed by atoms with E-state index in [9.17, 15) is 23.1 Å². The summed E-state index contributed by atoms with van der Waals surface area (Å²) in [5.74, 6) is -1.89. The van der Waals surface area contributed by atoms with Gasteiger partial charge in [-0.1, -0.05) is 30.3 Å². The molecule has 8 nitrogen and oxygen atoms in total. The Kier molecular flexibility index (Phi) is 5.92. The normalized spacial score (nSPS) is 18.0. The first-order chi connectivity index (χ1) is 11.3. The molecule has 0 aromatic heterocycles. The van der Waals surface area contributed by atoms with Gasteiger partial charge in [0.25, 0.3) is 10.2 Å². The highest BCUT2D eigenvalue weighted by Gasteiger charge is 2.31. The SMILES string of the molecule is NS(=O)(=O)N1CCC(C(=O)N[C@H](Cc2ccccc2)C(=O)O)CC1. The number of carboxylic acid groups (broad SMARTS) is 1. The lowest BCUT2D eigenvalue weighted by molar-refractivity contribution is -0.142. The van der Waals surface area contributed by atoms with Crippen LogP contribution in [0.5, 0.6) is 0 Å². The van der Waals surface area contributed by atoms with Crippen molar-refractivity contribution in [1.29, 1.82) is 0 Å². The van der Waals surface area contributed by atoms with Crippen LogP contribution in [0.4, 0.5) is 0 Å². The second-order valence-electron chi connectivity index (χ2n) is 5.81. The van der Waals surface area contributed by atoms with Crippen LogP contribution in [0.3, 0.4) is 0 Å². The lowest BCUT2D eigenvalue weighted by atomic mass is 9.96. The van der Waals surface area contributed by atoms with E-state index in [1.807, 2.05) is 6.07 Å². The molecule has 1 amide bonds. The van der Waals surface area contributed by atoms with Crippen molar-refractivity contribution in [3.05, 3.63) is 35.9 Å². The molecule has 0 aliphatic carbocycles. The third-order valence-electron chi connectivity index (χ3n) is 4.08. The molecule has 1 fully saturated rings. The molecular weight excluding hydrogens is 334 g/mol. The third kappa shape index (κ3) is 5.02. The molecule has 0 saturated carbocycles. The Morgan fingerprint density at radius 3 is 2.33 bits per heavy atom. The summed E-state index contributed by atoms with van der Waals surface area (Å²) in [4.78, 5) is 23.7. The predicted octanol–water partition coefficient (Wildman–Crippen LogP) is -0.286. The van der Waals surface area contributed by atoms with Crippen molar-refractivity contribution in [2.24, 2.45) is 11.1 Å². The van der Waals surface area contributed by atoms with Crippen LogP contribution < -0.4 is 10.5 Å². The van der Waals surface area contributed by atoms with Crippen molar-refractivity contribution in [1.82, 2.24) is 9.62 Å². The van der Waals surface area contributed by atoms with E-state index in [-0.39, 0.29) is 25.4 Å². The van der Waals surface area contributed by atoms with Crippen LogP contribution in [0.1, 0.15) is 18.4 Å². The molecule has 1 aromatic carbocycles. The van der Waals surface area contributed by atoms with Crippen LogP contribution in [0, 0.1) is 5.92 Å². The number of carbonyl (C=O) groups is 2. The van der Waals surface area contributed by atoms with E-state index in [2.05, 4.69) is 5.32 Å². The van der Waals surface area contributed by atoms with E-state index >= 15 is 0 Å². The molecule has 1 aliphatic heterocycles. The zero-order chi connectivity index (χ0) is 17.7. The van der Waals surface area contributed by atoms with Crippen LogP contribution in [-0.2, 0) is 26.2 Å². The summed E-state index contributed by atoms with van der Waals surface area (Å²) in [6.45, 7) is 0.320. The minimum atomic E-state index is -3.74. The van der Waals surface area contributed by atoms with E-state index in [1.165, 1.54) is 0 Å². The molecule has 1 saturated heterocycles. The lowest BCUT2D eigenvalue weighted by Crippen LogP contribution is -2.49. The summed E-state index contributed by atoms with van der Waals surface area (Å²) >= 11 is 0. The molecule has 0 radical (unpaired) electrons. The van der Waals surface area contributed by atoms with E-state index in [4.69, 9.17) is 5.14 Å². The number of hydrogen-bond donors (Lipinski definition) is 3. The molecule has 4 N–H and O–H groups in total. The maximum absolute atomic E-state index is 12.3. The van der Waals surface area contributed by atoms with E-state index < -0.39 is 28.1 Å². The van der Waals surface area contributed by atoms with Crippen molar-refractivity contribution in [3.8, 4) is 0 Å². The van der Waals surface area contributed by atoms with Gasteiger partial charge in [0.15, 0.2) is 0 Å². The van der Waals surface area contributed by atoms with E-state index in [0.29, 0.717) is 12.8 Å². The summed E-state index contributed by atoms with van der Waals surface area (Å²) in [6.07, 6.45) is 0.831. The Balaban J connectivity index is 1.93. The summed E-state index contributed by atoms with van der Waals surface area (Å²) in [5, 5.41) is 16.9. The van der Waals surface area contributed by atoms with Crippen LogP contribution in [0.2, 0.25) is 0 Å². The van der Waals surface area contributed by atoms with Gasteiger partial charge in [0, 0.05) is 25.4 Å². The van der Waals surface area contributed by atoms with Crippen molar-refractivity contribution >= 4 is 22.1 Å². The molecule has 1 aliphatic rings. The van der Waals surface area contributed by atoms with Gasteiger partial charge in [0.2, 0.25) is 5.91 Å². The Labute approximate surface area is 140 Å². The van der Waals surface area contributed by atoms with Crippen molar-refractivity contribution in [3.63, 3.8) is 0 Å². The molecule has 2 rings (SSSR count). The van der Waals surface area contributed by atoms with Gasteiger partial charge in [-0.05, 0) is 18.4 Å². The number of nitrogens with one attached hydrogen (secondary N) is 1. The minimum Gasteiger partial charge on any atom is -0.480 e. The van der Waals surface area contributed by atoms with Gasteiger partial charge in [0.1, 0.15) is 6.04 Å². The molecule has 0 spiro atoms. The van der Waals surface area contributed by atoms with Gasteiger partial charge in [-0.25, -0.2) is 9.93 Å². The average Bonchev–Trinajstić information content (AvgIpc) is 2.54. The standard InChI is InChI=1S/C15H21N3O5S/c16-24(22,23)18-8-6-12(7-9-18)14(19)17-13(15(20)21)10-11-4-2-1-3-5-11/h1-5,12-13H,6-10H2,(H,17,19)(H,20,21)(H2,16,22,23)/t13-/m1/s1. The third-order valence-corrected chi connectivity index (χ3v) is 5.17. The molecule has 9 heteroatoms. The second-order valence-corrected chi connectivity index (χ2v) is 7.35. The number of benzene rings is 1. The Hall–Kier alpha value is -1.97. The quantitative estimate of drug-likeness (QED) is 0.646. The fourth-order valence-electron chi connectivity index (χ4n) is 2.71. The van der Waals surface area contributed by atoms with Gasteiger partial charge in [-0.2, -0.15) is 12.7 Å². The fourth-order valence-corrected chi connectivity index (χ4v) is 3.43. The predicted molar refractivity (Wildman–Crippen MR) is 87.1 cm³/mol. The number of carboxylic acids is 1. The van der Waals surface area contributed by atoms with E-state index in [1.54, 1.807) is 24.3 Å². The van der Waals surface area contributed by atoms with Gasteiger partial charge < -0.3 is 10.4 Å². The minimum absolute atomic E-state index is 0.160. The van der Waals surface area contributed by atoms with Crippen LogP contribution in [0.25, 0.3) is 0 Å². The lowest BCUT2D eigenvalue weighted by Gasteiger charge is -2.29. The molecule has 1 aromatic rings. The second kappa shape index (κ2) is 7.73. The number of hydrogen-bond acceptors (Lipinski definition) is 4. The molecular formula is C15H21N3O5S. The van der Waals surface area contributed by atoms with Crippen molar-refractivity contribution in [2.75, 3.05) is 13.1 Å². The summed E-state index contributed by atoms with van der Waals surface area (Å²) in [7, 11) is -3.74. The number of piperidine rings is 1. The first-order valence-corrected chi connectivity index (χ1v) is 9.12. The number of aliphatic carboxylic acids is 1. The van der Waals surface area contributed by atoms with Gasteiger partial charge >= 0.3 is 5.97 Å². The monoisotopic (exact) mass is 355 g/mol. The summed E-state index contributed by atoms with van der Waals surface area (Å²) in [5.41, 5.74) is 0.814. The number of nitrogens with zero attached hydrogens (tertiary/aromatic N) is 1. The largest absolute Gasteiger partial charge is 0.480 e. The maximum Gasteiger partial charge on any atom is 0.326 e. The molecule has 0 bridgehead atoms. The number of rotatable bonds is 6. The number of carbonyl (C=O) groups excluding carboxylic acids is 1. The summed E-state index contributed by atoms with van der Waals surface area (Å²) in [6, 6.07) is 8.02. The Morgan fingerprint density at radius 1 is 1.25 bits per heavy atom. The number of nitrogens with two attached hydrogens (primary N) is 1. The Bertz CT molecular complexity index is 684. The van der Waals surface area contributed by atoms with Crippen molar-refractivity contribution < 1.29 is 23.1 Å². The Morgan fingerprint density at radius 2 is 1.83 bits per heavy atom. The van der Waals surface area contributed by atoms with Gasteiger partial charge in [0.05, 0.1) is 0 Å². The molecule has 1 atom stereocenters. The highest BCUT2D eigenvalue weighted by Crippen LogP contribution is 2.19. The van der Waals surface area contributed by atoms with Gasteiger partial charge in [-0.3, -0.25) is 4.79 Å². The first kappa shape index (κ1) is 18.4. The van der Waals surface area contributed by atoms with Gasteiger partial charge in [-0.15, -0.1) is 0 Å². The topological polar surface area (TPSA) is 130 Å². The van der Waals surface area contributed by atoms with Crippen molar-refractivity contribution in [2.45, 2.75) is 25.3 Å². The molecule has 132 valence electrons. The smallest absolute Gasteiger partial charge is 0.326 e. The number of amides is 1. The highest BCUT2D eigenvalue weighted by atomic mass is 32.2. The van der Waals surface area contributed by atoms with E-state index in [0.717, 1.165) is 9.87 Å². The molecule has 0 unspecified atom stereocenters. The molecule has 24 heavy (non-hydrogen) atoms. The van der Waals surface area contributed by atoms with Crippen LogP contribution in [-0.4, -0.2) is 48.8 Å². The fraction of sp³-hybridized carbons (Fsp3) is 0.467. The first-order valence-electron chi connectivity index (χ1n) is 7.62. The van der Waals surface area contributed by atoms with Crippen LogP contribution >= 0.6 is 0 Å². The molecule has 1 heterocycles. The highest BCUT2D eigenvalue weighted by molar-refractivity contribution is 7.86. The maximum atomic E-state index is 12.3. The average molecular weight is 355 g/mol. The zero-order valence-electron chi connectivity index (χ0n) is 13.1. The summed E-state index contributed by atoms with van der Waals surface area (Å²) < 4.78 is 23.6. The van der Waals surface area contributed by atoms with Crippen LogP contribution in [0.15, 0.2) is 30.3 Å². The zero-order valence-corrected chi connectivity index (χ0v) is 13.9.